The summed E-state index contributed by atoms with van der Waals surface area (Å²) < 4.78 is 0. The van der Waals surface area contributed by atoms with Crippen molar-refractivity contribution in [3.05, 3.63) is 24.3 Å². The van der Waals surface area contributed by atoms with Crippen molar-refractivity contribution in [1.29, 1.82) is 5.41 Å². The van der Waals surface area contributed by atoms with Gasteiger partial charge < -0.3 is 4.84 Å². The van der Waals surface area contributed by atoms with Crippen molar-refractivity contribution < 1.29 is 4.84 Å². The van der Waals surface area contributed by atoms with Gasteiger partial charge in [-0.2, -0.15) is 0 Å². The minimum absolute atomic E-state index is 0.379. The van der Waals surface area contributed by atoms with E-state index < -0.39 is 0 Å². The predicted octanol–water partition coefficient (Wildman–Crippen LogP) is 1.13. The van der Waals surface area contributed by atoms with Crippen LogP contribution < -0.4 is 0 Å². The number of rotatable bonds is 1. The van der Waals surface area contributed by atoms with Crippen molar-refractivity contribution in [2.24, 2.45) is 5.16 Å². The molecular formula is C7H8N2O. The first-order valence-corrected chi connectivity index (χ1v) is 2.89. The van der Waals surface area contributed by atoms with Crippen LogP contribution in [0.4, 0.5) is 0 Å². The van der Waals surface area contributed by atoms with Crippen molar-refractivity contribution >= 4 is 11.4 Å². The second kappa shape index (κ2) is 2.96. The molecule has 1 rings (SSSR count). The summed E-state index contributed by atoms with van der Waals surface area (Å²) in [6, 6.07) is 0. The van der Waals surface area contributed by atoms with Crippen LogP contribution in [0.1, 0.15) is 0 Å². The molecule has 1 aliphatic carbocycles. The molecule has 1 aliphatic rings. The molecule has 3 nitrogen and oxygen atoms in total. The summed E-state index contributed by atoms with van der Waals surface area (Å²) in [5.41, 5.74) is 0.939. The molecule has 0 aliphatic heterocycles. The molecule has 0 aromatic rings. The van der Waals surface area contributed by atoms with Gasteiger partial charge in [-0.1, -0.05) is 17.3 Å². The van der Waals surface area contributed by atoms with Gasteiger partial charge in [-0.05, 0) is 12.2 Å². The van der Waals surface area contributed by atoms with E-state index in [-0.39, 0.29) is 0 Å². The number of nitrogens with one attached hydrogen (secondary N) is 1. The molecule has 3 heteroatoms. The van der Waals surface area contributed by atoms with Gasteiger partial charge in [0.15, 0.2) is 0 Å². The first kappa shape index (κ1) is 6.74. The SMILES string of the molecule is CO/N=C1\C=CC=CC1=N. The van der Waals surface area contributed by atoms with E-state index in [1.165, 1.54) is 7.11 Å². The molecule has 52 valence electrons. The molecule has 1 N–H and O–H groups in total. The van der Waals surface area contributed by atoms with Gasteiger partial charge in [0.2, 0.25) is 0 Å². The Kier molecular flexibility index (Phi) is 1.99. The van der Waals surface area contributed by atoms with Crippen molar-refractivity contribution in [2.75, 3.05) is 7.11 Å². The summed E-state index contributed by atoms with van der Waals surface area (Å²) in [6.45, 7) is 0. The van der Waals surface area contributed by atoms with Gasteiger partial charge in [0.25, 0.3) is 0 Å². The number of hydrogen-bond donors (Lipinski definition) is 1. The highest BCUT2D eigenvalue weighted by Crippen LogP contribution is 1.95. The van der Waals surface area contributed by atoms with Crippen molar-refractivity contribution in [2.45, 2.75) is 0 Å². The van der Waals surface area contributed by atoms with E-state index in [0.29, 0.717) is 11.4 Å². The number of hydrogen-bond acceptors (Lipinski definition) is 3. The predicted molar refractivity (Wildman–Crippen MR) is 40.5 cm³/mol. The average Bonchev–Trinajstić information content (AvgIpc) is 1.94. The zero-order valence-electron chi connectivity index (χ0n) is 5.66. The molecule has 0 saturated carbocycles. The van der Waals surface area contributed by atoms with Gasteiger partial charge >= 0.3 is 0 Å². The van der Waals surface area contributed by atoms with E-state index in [2.05, 4.69) is 9.99 Å². The molecule has 0 amide bonds. The lowest BCUT2D eigenvalue weighted by molar-refractivity contribution is 0.214. The lowest BCUT2D eigenvalue weighted by Crippen LogP contribution is -2.09. The van der Waals surface area contributed by atoms with Crippen molar-refractivity contribution in [3.63, 3.8) is 0 Å². The van der Waals surface area contributed by atoms with Crippen LogP contribution in [0.25, 0.3) is 0 Å². The highest BCUT2D eigenvalue weighted by molar-refractivity contribution is 6.49. The largest absolute Gasteiger partial charge is 0.399 e. The second-order valence-electron chi connectivity index (χ2n) is 1.79. The second-order valence-corrected chi connectivity index (χ2v) is 1.79. The average molecular weight is 136 g/mol. The molecule has 0 bridgehead atoms. The molecule has 0 saturated heterocycles. The van der Waals surface area contributed by atoms with Crippen LogP contribution in [0.5, 0.6) is 0 Å². The standard InChI is InChI=1S/C7H8N2O/c1-10-9-7-5-3-2-4-6(7)8/h2-5,8H,1H3/b8-6?,9-7+. The summed E-state index contributed by atoms with van der Waals surface area (Å²) >= 11 is 0. The van der Waals surface area contributed by atoms with Gasteiger partial charge in [0.1, 0.15) is 12.8 Å². The van der Waals surface area contributed by atoms with Gasteiger partial charge in [0.05, 0.1) is 5.71 Å². The molecule has 0 fully saturated rings. The lowest BCUT2D eigenvalue weighted by Gasteiger charge is -1.99. The van der Waals surface area contributed by atoms with Gasteiger partial charge in [-0.15, -0.1) is 0 Å². The first-order chi connectivity index (χ1) is 4.84. The van der Waals surface area contributed by atoms with E-state index in [1.807, 2.05) is 6.08 Å². The summed E-state index contributed by atoms with van der Waals surface area (Å²) in [6.07, 6.45) is 7.00. The van der Waals surface area contributed by atoms with Crippen LogP contribution in [0.3, 0.4) is 0 Å². The maximum Gasteiger partial charge on any atom is 0.127 e. The Morgan fingerprint density at radius 2 is 2.10 bits per heavy atom. The number of allylic oxidation sites excluding steroid dienone is 4. The zero-order chi connectivity index (χ0) is 7.40. The van der Waals surface area contributed by atoms with Crippen LogP contribution in [-0.2, 0) is 4.84 Å². The Morgan fingerprint density at radius 1 is 1.40 bits per heavy atom. The van der Waals surface area contributed by atoms with E-state index in [1.54, 1.807) is 18.2 Å². The molecule has 0 aromatic carbocycles. The summed E-state index contributed by atoms with van der Waals surface area (Å²) in [5.74, 6) is 0. The number of nitrogens with zero attached hydrogens (tertiary/aromatic N) is 1. The van der Waals surface area contributed by atoms with Crippen LogP contribution in [0, 0.1) is 5.41 Å². The van der Waals surface area contributed by atoms with Crippen LogP contribution in [0.2, 0.25) is 0 Å². The van der Waals surface area contributed by atoms with E-state index >= 15 is 0 Å². The van der Waals surface area contributed by atoms with Gasteiger partial charge in [0, 0.05) is 0 Å². The normalized spacial score (nSPS) is 20.1. The molecule has 0 aromatic heterocycles. The first-order valence-electron chi connectivity index (χ1n) is 2.89. The topological polar surface area (TPSA) is 45.4 Å². The molecule has 0 atom stereocenters. The van der Waals surface area contributed by atoms with Gasteiger partial charge in [-0.25, -0.2) is 0 Å². The summed E-state index contributed by atoms with van der Waals surface area (Å²) in [5, 5.41) is 10.9. The van der Waals surface area contributed by atoms with Crippen molar-refractivity contribution in [3.8, 4) is 0 Å². The maximum atomic E-state index is 7.30. The molecule has 0 heterocycles. The molecule has 10 heavy (non-hydrogen) atoms. The smallest absolute Gasteiger partial charge is 0.127 e. The van der Waals surface area contributed by atoms with Crippen LogP contribution >= 0.6 is 0 Å². The highest BCUT2D eigenvalue weighted by atomic mass is 16.6. The fourth-order valence-electron chi connectivity index (χ4n) is 0.652. The third-order valence-electron chi connectivity index (χ3n) is 1.09. The Morgan fingerprint density at radius 3 is 2.70 bits per heavy atom. The number of oxime groups is 1. The maximum absolute atomic E-state index is 7.30. The summed E-state index contributed by atoms with van der Waals surface area (Å²) in [4.78, 5) is 4.51. The fourth-order valence-corrected chi connectivity index (χ4v) is 0.652. The van der Waals surface area contributed by atoms with Crippen LogP contribution in [0.15, 0.2) is 29.5 Å². The quantitative estimate of drug-likeness (QED) is 0.426. The molecule has 0 unspecified atom stereocenters. The minimum Gasteiger partial charge on any atom is -0.399 e. The third-order valence-corrected chi connectivity index (χ3v) is 1.09. The van der Waals surface area contributed by atoms with E-state index in [0.717, 1.165) is 0 Å². The minimum atomic E-state index is 0.379. The lowest BCUT2D eigenvalue weighted by atomic mass is 10.1. The monoisotopic (exact) mass is 136 g/mol. The Balaban J connectivity index is 2.80. The van der Waals surface area contributed by atoms with E-state index in [9.17, 15) is 0 Å². The highest BCUT2D eigenvalue weighted by Gasteiger charge is 2.01. The molecule has 0 spiro atoms. The van der Waals surface area contributed by atoms with Gasteiger partial charge in [-0.3, -0.25) is 5.41 Å². The van der Waals surface area contributed by atoms with E-state index in [4.69, 9.17) is 5.41 Å². The molecule has 0 radical (unpaired) electrons. The van der Waals surface area contributed by atoms with Crippen molar-refractivity contribution in [1.82, 2.24) is 0 Å². The Bertz CT molecular complexity index is 226. The van der Waals surface area contributed by atoms with Crippen LogP contribution in [-0.4, -0.2) is 18.5 Å². The summed E-state index contributed by atoms with van der Waals surface area (Å²) in [7, 11) is 1.46. The molecular weight excluding hydrogens is 128 g/mol. The Labute approximate surface area is 59.2 Å². The fraction of sp³-hybridized carbons (Fsp3) is 0.143. The Hall–Kier alpha value is -1.38. The zero-order valence-corrected chi connectivity index (χ0v) is 5.66. The third kappa shape index (κ3) is 1.31.